The summed E-state index contributed by atoms with van der Waals surface area (Å²) in [6.45, 7) is 3.25. The molecule has 0 saturated carbocycles. The SMILES string of the molecule is Cc1noc(Cl)c1CC(=O)N1CCC[C@@H](n2cccn2)C1. The molecule has 3 rings (SSSR count). The van der Waals surface area contributed by atoms with E-state index < -0.39 is 0 Å². The van der Waals surface area contributed by atoms with Gasteiger partial charge in [-0.1, -0.05) is 5.16 Å². The van der Waals surface area contributed by atoms with Crippen molar-refractivity contribution in [2.24, 2.45) is 0 Å². The number of hydrogen-bond donors (Lipinski definition) is 0. The van der Waals surface area contributed by atoms with Crippen molar-refractivity contribution >= 4 is 17.5 Å². The van der Waals surface area contributed by atoms with Gasteiger partial charge in [-0.05, 0) is 37.4 Å². The van der Waals surface area contributed by atoms with Crippen LogP contribution in [0.3, 0.4) is 0 Å². The lowest BCUT2D eigenvalue weighted by molar-refractivity contribution is -0.132. The van der Waals surface area contributed by atoms with E-state index in [9.17, 15) is 4.79 Å². The fourth-order valence-electron chi connectivity index (χ4n) is 2.72. The zero-order chi connectivity index (χ0) is 14.8. The van der Waals surface area contributed by atoms with Gasteiger partial charge in [0.15, 0.2) is 0 Å². The number of aryl methyl sites for hydroxylation is 1. The number of carbonyl (C=O) groups excluding carboxylic acids is 1. The third-order valence-corrected chi connectivity index (χ3v) is 4.21. The van der Waals surface area contributed by atoms with E-state index in [0.717, 1.165) is 19.4 Å². The summed E-state index contributed by atoms with van der Waals surface area (Å²) >= 11 is 5.92. The Morgan fingerprint density at radius 3 is 3.10 bits per heavy atom. The van der Waals surface area contributed by atoms with Gasteiger partial charge in [0.2, 0.25) is 11.1 Å². The first-order chi connectivity index (χ1) is 10.1. The summed E-state index contributed by atoms with van der Waals surface area (Å²) < 4.78 is 6.82. The molecule has 1 aliphatic rings. The summed E-state index contributed by atoms with van der Waals surface area (Å²) in [4.78, 5) is 14.3. The smallest absolute Gasteiger partial charge is 0.229 e. The van der Waals surface area contributed by atoms with E-state index in [1.807, 2.05) is 21.8 Å². The number of likely N-dealkylation sites (tertiary alicyclic amines) is 1. The summed E-state index contributed by atoms with van der Waals surface area (Å²) in [6.07, 6.45) is 5.96. The van der Waals surface area contributed by atoms with Crippen molar-refractivity contribution in [2.45, 2.75) is 32.2 Å². The minimum atomic E-state index is 0.0556. The number of hydrogen-bond acceptors (Lipinski definition) is 4. The van der Waals surface area contributed by atoms with Crippen molar-refractivity contribution in [3.63, 3.8) is 0 Å². The van der Waals surface area contributed by atoms with E-state index in [-0.39, 0.29) is 23.6 Å². The topological polar surface area (TPSA) is 64.2 Å². The Kier molecular flexibility index (Phi) is 3.96. The average molecular weight is 309 g/mol. The second-order valence-electron chi connectivity index (χ2n) is 5.32. The van der Waals surface area contributed by atoms with Crippen LogP contribution in [-0.2, 0) is 11.2 Å². The summed E-state index contributed by atoms with van der Waals surface area (Å²) in [5, 5.41) is 8.26. The Morgan fingerprint density at radius 2 is 2.43 bits per heavy atom. The standard InChI is InChI=1S/C14H17ClN4O2/c1-10-12(14(15)21-17-10)8-13(20)18-6-2-4-11(9-18)19-7-3-5-16-19/h3,5,7,11H,2,4,6,8-9H2,1H3/t11-/m1/s1. The van der Waals surface area contributed by atoms with Crippen molar-refractivity contribution < 1.29 is 9.32 Å². The molecule has 1 amide bonds. The van der Waals surface area contributed by atoms with Gasteiger partial charge in [0, 0.05) is 31.0 Å². The molecule has 0 unspecified atom stereocenters. The van der Waals surface area contributed by atoms with Crippen molar-refractivity contribution in [2.75, 3.05) is 13.1 Å². The highest BCUT2D eigenvalue weighted by Crippen LogP contribution is 2.24. The Morgan fingerprint density at radius 1 is 1.57 bits per heavy atom. The van der Waals surface area contributed by atoms with E-state index in [1.54, 1.807) is 13.1 Å². The number of amides is 1. The molecule has 7 heteroatoms. The van der Waals surface area contributed by atoms with Crippen molar-refractivity contribution in [1.29, 1.82) is 0 Å². The number of rotatable bonds is 3. The first-order valence-corrected chi connectivity index (χ1v) is 7.40. The monoisotopic (exact) mass is 308 g/mol. The van der Waals surface area contributed by atoms with Crippen LogP contribution in [0.1, 0.15) is 30.1 Å². The zero-order valence-electron chi connectivity index (χ0n) is 11.8. The fourth-order valence-corrected chi connectivity index (χ4v) is 2.95. The first kappa shape index (κ1) is 14.1. The Balaban J connectivity index is 1.67. The van der Waals surface area contributed by atoms with Crippen molar-refractivity contribution in [1.82, 2.24) is 19.8 Å². The van der Waals surface area contributed by atoms with Gasteiger partial charge in [-0.2, -0.15) is 5.10 Å². The van der Waals surface area contributed by atoms with E-state index in [4.69, 9.17) is 16.1 Å². The predicted octanol–water partition coefficient (Wildman–Crippen LogP) is 2.24. The first-order valence-electron chi connectivity index (χ1n) is 7.02. The van der Waals surface area contributed by atoms with Gasteiger partial charge in [0.1, 0.15) is 0 Å². The van der Waals surface area contributed by atoms with E-state index >= 15 is 0 Å². The third-order valence-electron chi connectivity index (χ3n) is 3.91. The molecule has 1 fully saturated rings. The number of halogens is 1. The van der Waals surface area contributed by atoms with Gasteiger partial charge >= 0.3 is 0 Å². The molecule has 112 valence electrons. The van der Waals surface area contributed by atoms with Gasteiger partial charge in [-0.3, -0.25) is 9.48 Å². The molecule has 0 spiro atoms. The Hall–Kier alpha value is -1.82. The molecule has 0 N–H and O–H groups in total. The van der Waals surface area contributed by atoms with Crippen LogP contribution in [0.25, 0.3) is 0 Å². The molecule has 1 atom stereocenters. The van der Waals surface area contributed by atoms with Gasteiger partial charge in [-0.25, -0.2) is 0 Å². The molecule has 3 heterocycles. The minimum Gasteiger partial charge on any atom is -0.344 e. The number of aromatic nitrogens is 3. The quantitative estimate of drug-likeness (QED) is 0.872. The lowest BCUT2D eigenvalue weighted by Crippen LogP contribution is -2.41. The third kappa shape index (κ3) is 2.95. The minimum absolute atomic E-state index is 0.0556. The summed E-state index contributed by atoms with van der Waals surface area (Å²) in [5.41, 5.74) is 1.36. The Labute approximate surface area is 127 Å². The van der Waals surface area contributed by atoms with Crippen LogP contribution in [0.5, 0.6) is 0 Å². The molecule has 0 bridgehead atoms. The highest BCUT2D eigenvalue weighted by molar-refractivity contribution is 6.29. The molecule has 6 nitrogen and oxygen atoms in total. The molecule has 21 heavy (non-hydrogen) atoms. The summed E-state index contributed by atoms with van der Waals surface area (Å²) in [6, 6.07) is 2.15. The van der Waals surface area contributed by atoms with Gasteiger partial charge in [0.05, 0.1) is 18.2 Å². The highest BCUT2D eigenvalue weighted by atomic mass is 35.5. The van der Waals surface area contributed by atoms with Gasteiger partial charge < -0.3 is 9.42 Å². The maximum absolute atomic E-state index is 12.5. The highest BCUT2D eigenvalue weighted by Gasteiger charge is 2.26. The normalized spacial score (nSPS) is 19.0. The van der Waals surface area contributed by atoms with Crippen LogP contribution < -0.4 is 0 Å². The maximum atomic E-state index is 12.5. The predicted molar refractivity (Wildman–Crippen MR) is 77.0 cm³/mol. The van der Waals surface area contributed by atoms with E-state index in [2.05, 4.69) is 10.3 Å². The van der Waals surface area contributed by atoms with Crippen LogP contribution >= 0.6 is 11.6 Å². The van der Waals surface area contributed by atoms with Crippen LogP contribution in [0.2, 0.25) is 5.22 Å². The van der Waals surface area contributed by atoms with Crippen molar-refractivity contribution in [3.8, 4) is 0 Å². The molecular formula is C14H17ClN4O2. The lowest BCUT2D eigenvalue weighted by Gasteiger charge is -2.33. The summed E-state index contributed by atoms with van der Waals surface area (Å²) in [5.74, 6) is 0.0556. The molecule has 0 aliphatic carbocycles. The van der Waals surface area contributed by atoms with E-state index in [0.29, 0.717) is 17.8 Å². The van der Waals surface area contributed by atoms with E-state index in [1.165, 1.54) is 0 Å². The molecule has 0 aromatic carbocycles. The largest absolute Gasteiger partial charge is 0.344 e. The maximum Gasteiger partial charge on any atom is 0.229 e. The molecule has 1 saturated heterocycles. The number of nitrogens with zero attached hydrogens (tertiary/aromatic N) is 4. The molecule has 2 aromatic rings. The average Bonchev–Trinajstić information content (AvgIpc) is 3.13. The molecule has 2 aromatic heterocycles. The number of piperidine rings is 1. The number of carbonyl (C=O) groups is 1. The van der Waals surface area contributed by atoms with Crippen LogP contribution in [0, 0.1) is 6.92 Å². The lowest BCUT2D eigenvalue weighted by atomic mass is 10.0. The molecular weight excluding hydrogens is 292 g/mol. The van der Waals surface area contributed by atoms with Crippen LogP contribution in [-0.4, -0.2) is 38.8 Å². The van der Waals surface area contributed by atoms with Crippen LogP contribution in [0.15, 0.2) is 23.0 Å². The van der Waals surface area contributed by atoms with Crippen molar-refractivity contribution in [3.05, 3.63) is 34.9 Å². The fraction of sp³-hybridized carbons (Fsp3) is 0.500. The van der Waals surface area contributed by atoms with Gasteiger partial charge in [0.25, 0.3) is 0 Å². The zero-order valence-corrected chi connectivity index (χ0v) is 12.6. The molecule has 0 radical (unpaired) electrons. The second kappa shape index (κ2) is 5.89. The molecule has 1 aliphatic heterocycles. The van der Waals surface area contributed by atoms with Crippen LogP contribution in [0.4, 0.5) is 0 Å². The Bertz CT molecular complexity index is 603. The second-order valence-corrected chi connectivity index (χ2v) is 5.66. The summed E-state index contributed by atoms with van der Waals surface area (Å²) in [7, 11) is 0. The van der Waals surface area contributed by atoms with Gasteiger partial charge in [-0.15, -0.1) is 0 Å².